The lowest BCUT2D eigenvalue weighted by Crippen LogP contribution is -2.33. The van der Waals surface area contributed by atoms with E-state index in [0.29, 0.717) is 0 Å². The second kappa shape index (κ2) is 3.20. The number of rotatable bonds is 3. The van der Waals surface area contributed by atoms with Crippen molar-refractivity contribution in [2.45, 2.75) is 32.2 Å². The maximum atomic E-state index is 4.52. The lowest BCUT2D eigenvalue weighted by Gasteiger charge is -2.26. The third kappa shape index (κ3) is 1.64. The highest BCUT2D eigenvalue weighted by Gasteiger charge is 2.37. The molecule has 0 radical (unpaired) electrons. The van der Waals surface area contributed by atoms with Gasteiger partial charge in [-0.25, -0.2) is 9.50 Å². The predicted octanol–water partition coefficient (Wildman–Crippen LogP) is 2.33. The largest absolute Gasteiger partial charge is 0.365 e. The molecular formula is C12H16N4. The van der Waals surface area contributed by atoms with Crippen LogP contribution in [0.4, 0.5) is 5.82 Å². The van der Waals surface area contributed by atoms with Gasteiger partial charge < -0.3 is 5.32 Å². The summed E-state index contributed by atoms with van der Waals surface area (Å²) in [6.45, 7) is 4.49. The average molecular weight is 216 g/mol. The molecule has 2 aromatic rings. The average Bonchev–Trinajstić information content (AvgIpc) is 2.99. The highest BCUT2D eigenvalue weighted by atomic mass is 15.2. The number of fused-ring (bicyclic) bond motifs is 1. The van der Waals surface area contributed by atoms with Crippen molar-refractivity contribution >= 4 is 11.5 Å². The van der Waals surface area contributed by atoms with E-state index in [1.165, 1.54) is 12.8 Å². The molecule has 2 aromatic heterocycles. The molecule has 3 rings (SSSR count). The highest BCUT2D eigenvalue weighted by molar-refractivity contribution is 5.46. The third-order valence-corrected chi connectivity index (χ3v) is 3.31. The number of anilines is 1. The molecule has 0 aromatic carbocycles. The summed E-state index contributed by atoms with van der Waals surface area (Å²) in [5, 5.41) is 7.64. The van der Waals surface area contributed by atoms with Gasteiger partial charge in [-0.1, -0.05) is 0 Å². The van der Waals surface area contributed by atoms with Crippen LogP contribution in [0.1, 0.15) is 26.7 Å². The first kappa shape index (κ1) is 9.63. The minimum absolute atomic E-state index is 0.144. The van der Waals surface area contributed by atoms with Crippen molar-refractivity contribution in [3.8, 4) is 0 Å². The zero-order valence-corrected chi connectivity index (χ0v) is 9.64. The molecule has 0 atom stereocenters. The van der Waals surface area contributed by atoms with Crippen LogP contribution in [0.15, 0.2) is 24.5 Å². The zero-order valence-electron chi connectivity index (χ0n) is 9.64. The van der Waals surface area contributed by atoms with Gasteiger partial charge in [0, 0.05) is 17.8 Å². The van der Waals surface area contributed by atoms with Crippen molar-refractivity contribution in [2.24, 2.45) is 5.92 Å². The normalized spacial score (nSPS) is 16.6. The van der Waals surface area contributed by atoms with Crippen molar-refractivity contribution in [1.29, 1.82) is 0 Å². The fourth-order valence-electron chi connectivity index (χ4n) is 2.12. The lowest BCUT2D eigenvalue weighted by molar-refractivity contribution is 0.492. The first-order valence-electron chi connectivity index (χ1n) is 5.74. The Bertz CT molecular complexity index is 510. The van der Waals surface area contributed by atoms with Crippen molar-refractivity contribution in [1.82, 2.24) is 14.6 Å². The molecule has 4 nitrogen and oxygen atoms in total. The molecule has 0 saturated heterocycles. The van der Waals surface area contributed by atoms with E-state index in [-0.39, 0.29) is 5.54 Å². The number of aromatic nitrogens is 3. The van der Waals surface area contributed by atoms with Crippen LogP contribution >= 0.6 is 0 Å². The highest BCUT2D eigenvalue weighted by Crippen LogP contribution is 2.40. The monoisotopic (exact) mass is 216 g/mol. The SMILES string of the molecule is CC(C)(Nc1ccn2nccc2n1)C1CC1. The molecule has 1 saturated carbocycles. The number of nitrogens with zero attached hydrogens (tertiary/aromatic N) is 3. The molecule has 1 fully saturated rings. The van der Waals surface area contributed by atoms with Crippen LogP contribution in [0.25, 0.3) is 5.65 Å². The third-order valence-electron chi connectivity index (χ3n) is 3.31. The van der Waals surface area contributed by atoms with Crippen LogP contribution in [-0.4, -0.2) is 20.1 Å². The van der Waals surface area contributed by atoms with Crippen LogP contribution in [-0.2, 0) is 0 Å². The standard InChI is InChI=1S/C12H16N4/c1-12(2,9-3-4-9)15-10-6-8-16-11(14-10)5-7-13-16/h5-9H,3-4H2,1-2H3,(H,14,15). The predicted molar refractivity (Wildman–Crippen MR) is 63.4 cm³/mol. The molecule has 1 aliphatic rings. The Kier molecular flexibility index (Phi) is 1.93. The summed E-state index contributed by atoms with van der Waals surface area (Å²) in [7, 11) is 0. The van der Waals surface area contributed by atoms with E-state index >= 15 is 0 Å². The van der Waals surface area contributed by atoms with Crippen LogP contribution < -0.4 is 5.32 Å². The van der Waals surface area contributed by atoms with E-state index in [1.54, 1.807) is 10.7 Å². The molecule has 1 N–H and O–H groups in total. The van der Waals surface area contributed by atoms with Crippen LogP contribution in [0.3, 0.4) is 0 Å². The topological polar surface area (TPSA) is 42.2 Å². The molecule has 16 heavy (non-hydrogen) atoms. The molecule has 84 valence electrons. The summed E-state index contributed by atoms with van der Waals surface area (Å²) >= 11 is 0. The molecule has 0 bridgehead atoms. The van der Waals surface area contributed by atoms with Gasteiger partial charge in [-0.2, -0.15) is 5.10 Å². The van der Waals surface area contributed by atoms with Crippen LogP contribution in [0.5, 0.6) is 0 Å². The van der Waals surface area contributed by atoms with E-state index in [4.69, 9.17) is 0 Å². The Morgan fingerprint density at radius 2 is 2.19 bits per heavy atom. The van der Waals surface area contributed by atoms with E-state index in [2.05, 4.69) is 29.2 Å². The Balaban J connectivity index is 1.88. The number of hydrogen-bond donors (Lipinski definition) is 1. The summed E-state index contributed by atoms with van der Waals surface area (Å²) in [5.41, 5.74) is 1.03. The molecule has 2 heterocycles. The summed E-state index contributed by atoms with van der Waals surface area (Å²) < 4.78 is 1.77. The van der Waals surface area contributed by atoms with Gasteiger partial charge in [-0.15, -0.1) is 0 Å². The molecule has 0 amide bonds. The Morgan fingerprint density at radius 1 is 1.38 bits per heavy atom. The smallest absolute Gasteiger partial charge is 0.157 e. The summed E-state index contributed by atoms with van der Waals surface area (Å²) in [5.74, 6) is 1.72. The van der Waals surface area contributed by atoms with Gasteiger partial charge in [0.1, 0.15) is 5.82 Å². The Labute approximate surface area is 94.7 Å². The van der Waals surface area contributed by atoms with Crippen molar-refractivity contribution in [3.05, 3.63) is 24.5 Å². The van der Waals surface area contributed by atoms with E-state index < -0.39 is 0 Å². The Morgan fingerprint density at radius 3 is 2.94 bits per heavy atom. The van der Waals surface area contributed by atoms with Crippen molar-refractivity contribution < 1.29 is 0 Å². The molecule has 0 unspecified atom stereocenters. The first-order chi connectivity index (χ1) is 7.65. The first-order valence-corrected chi connectivity index (χ1v) is 5.74. The number of nitrogens with one attached hydrogen (secondary N) is 1. The van der Waals surface area contributed by atoms with Crippen LogP contribution in [0, 0.1) is 5.92 Å². The fraction of sp³-hybridized carbons (Fsp3) is 0.500. The van der Waals surface area contributed by atoms with Gasteiger partial charge in [0.05, 0.1) is 6.20 Å². The molecular weight excluding hydrogens is 200 g/mol. The molecule has 4 heteroatoms. The number of hydrogen-bond acceptors (Lipinski definition) is 3. The van der Waals surface area contributed by atoms with Crippen molar-refractivity contribution in [3.63, 3.8) is 0 Å². The van der Waals surface area contributed by atoms with Crippen molar-refractivity contribution in [2.75, 3.05) is 5.32 Å². The molecule has 0 aliphatic heterocycles. The summed E-state index contributed by atoms with van der Waals surface area (Å²) in [6, 6.07) is 3.89. The summed E-state index contributed by atoms with van der Waals surface area (Å²) in [6.07, 6.45) is 6.36. The molecule has 1 aliphatic carbocycles. The van der Waals surface area contributed by atoms with Gasteiger partial charge >= 0.3 is 0 Å². The second-order valence-electron chi connectivity index (χ2n) is 5.07. The van der Waals surface area contributed by atoms with Gasteiger partial charge in [-0.3, -0.25) is 0 Å². The maximum absolute atomic E-state index is 4.52. The van der Waals surface area contributed by atoms with E-state index in [1.807, 2.05) is 18.3 Å². The van der Waals surface area contributed by atoms with Gasteiger partial charge in [0.2, 0.25) is 0 Å². The molecule has 0 spiro atoms. The van der Waals surface area contributed by atoms with Gasteiger partial charge in [0.25, 0.3) is 0 Å². The quantitative estimate of drug-likeness (QED) is 0.856. The second-order valence-corrected chi connectivity index (χ2v) is 5.07. The Hall–Kier alpha value is -1.58. The summed E-state index contributed by atoms with van der Waals surface area (Å²) in [4.78, 5) is 4.52. The van der Waals surface area contributed by atoms with Gasteiger partial charge in [-0.05, 0) is 38.7 Å². The van der Waals surface area contributed by atoms with E-state index in [0.717, 1.165) is 17.4 Å². The lowest BCUT2D eigenvalue weighted by atomic mass is 9.99. The maximum Gasteiger partial charge on any atom is 0.157 e. The van der Waals surface area contributed by atoms with Crippen LogP contribution in [0.2, 0.25) is 0 Å². The fourth-order valence-corrected chi connectivity index (χ4v) is 2.12. The van der Waals surface area contributed by atoms with E-state index in [9.17, 15) is 0 Å². The minimum Gasteiger partial charge on any atom is -0.365 e. The van der Waals surface area contributed by atoms with Gasteiger partial charge in [0.15, 0.2) is 5.65 Å². The zero-order chi connectivity index (χ0) is 11.2. The minimum atomic E-state index is 0.144.